The topological polar surface area (TPSA) is 40.1 Å². The maximum atomic E-state index is 12.3. The van der Waals surface area contributed by atoms with Crippen LogP contribution in [0.15, 0.2) is 4.99 Å². The van der Waals surface area contributed by atoms with E-state index >= 15 is 0 Å². The maximum Gasteiger partial charge on any atom is 0.401 e. The lowest BCUT2D eigenvalue weighted by Crippen LogP contribution is -2.53. The molecule has 1 unspecified atom stereocenters. The SMILES string of the molecule is CN=C(NCCN(C)CC(F)(F)F)N1CCCC2(CCCOC2)C1. The molecule has 2 aliphatic rings. The first-order chi connectivity index (χ1) is 11.3. The fourth-order valence-corrected chi connectivity index (χ4v) is 3.70. The molecule has 0 aromatic carbocycles. The van der Waals surface area contributed by atoms with Gasteiger partial charge in [0, 0.05) is 45.2 Å². The summed E-state index contributed by atoms with van der Waals surface area (Å²) in [6.45, 7) is 3.36. The summed E-state index contributed by atoms with van der Waals surface area (Å²) in [4.78, 5) is 7.81. The first kappa shape index (κ1) is 19.3. The predicted molar refractivity (Wildman–Crippen MR) is 88.2 cm³/mol. The molecule has 5 nitrogen and oxygen atoms in total. The minimum absolute atomic E-state index is 0.210. The highest BCUT2D eigenvalue weighted by Gasteiger charge is 2.38. The number of guanidine groups is 1. The van der Waals surface area contributed by atoms with E-state index in [2.05, 4.69) is 15.2 Å². The van der Waals surface area contributed by atoms with Gasteiger partial charge in [0.2, 0.25) is 0 Å². The van der Waals surface area contributed by atoms with Crippen LogP contribution in [0.1, 0.15) is 25.7 Å². The summed E-state index contributed by atoms with van der Waals surface area (Å²) >= 11 is 0. The van der Waals surface area contributed by atoms with Gasteiger partial charge in [0.15, 0.2) is 5.96 Å². The molecule has 2 heterocycles. The van der Waals surface area contributed by atoms with Crippen molar-refractivity contribution >= 4 is 5.96 Å². The van der Waals surface area contributed by atoms with E-state index in [-0.39, 0.29) is 5.41 Å². The predicted octanol–water partition coefficient (Wildman–Crippen LogP) is 1.95. The molecule has 2 fully saturated rings. The molecule has 0 amide bonds. The Labute approximate surface area is 142 Å². The van der Waals surface area contributed by atoms with Gasteiger partial charge in [0.25, 0.3) is 0 Å². The van der Waals surface area contributed by atoms with Gasteiger partial charge >= 0.3 is 6.18 Å². The minimum atomic E-state index is -4.16. The van der Waals surface area contributed by atoms with Gasteiger partial charge in [-0.25, -0.2) is 0 Å². The monoisotopic (exact) mass is 350 g/mol. The largest absolute Gasteiger partial charge is 0.401 e. The van der Waals surface area contributed by atoms with E-state index in [0.29, 0.717) is 13.1 Å². The normalized spacial score (nSPS) is 26.2. The fraction of sp³-hybridized carbons (Fsp3) is 0.938. The summed E-state index contributed by atoms with van der Waals surface area (Å²) in [5.74, 6) is 0.778. The van der Waals surface area contributed by atoms with E-state index in [9.17, 15) is 13.2 Å². The molecule has 1 spiro atoms. The Kier molecular flexibility index (Phi) is 6.74. The third-order valence-electron chi connectivity index (χ3n) is 4.80. The number of hydrogen-bond donors (Lipinski definition) is 1. The summed E-state index contributed by atoms with van der Waals surface area (Å²) in [6, 6.07) is 0. The van der Waals surface area contributed by atoms with Gasteiger partial charge in [-0.15, -0.1) is 0 Å². The van der Waals surface area contributed by atoms with Crippen molar-refractivity contribution < 1.29 is 17.9 Å². The van der Waals surface area contributed by atoms with Gasteiger partial charge in [-0.2, -0.15) is 13.2 Å². The zero-order valence-electron chi connectivity index (χ0n) is 14.7. The van der Waals surface area contributed by atoms with Crippen LogP contribution in [0, 0.1) is 5.41 Å². The second-order valence-electron chi connectivity index (χ2n) is 7.01. The lowest BCUT2D eigenvalue weighted by molar-refractivity contribution is -0.142. The van der Waals surface area contributed by atoms with Crippen molar-refractivity contribution in [3.05, 3.63) is 0 Å². The number of likely N-dealkylation sites (N-methyl/N-ethyl adjacent to an activating group) is 1. The molecule has 1 N–H and O–H groups in total. The molecule has 140 valence electrons. The van der Waals surface area contributed by atoms with Gasteiger partial charge in [-0.05, 0) is 32.7 Å². The second-order valence-corrected chi connectivity index (χ2v) is 7.01. The third kappa shape index (κ3) is 5.81. The summed E-state index contributed by atoms with van der Waals surface area (Å²) < 4.78 is 42.7. The Morgan fingerprint density at radius 1 is 1.33 bits per heavy atom. The summed E-state index contributed by atoms with van der Waals surface area (Å²) in [5.41, 5.74) is 0.210. The Hall–Kier alpha value is -1.02. The maximum absolute atomic E-state index is 12.3. The highest BCUT2D eigenvalue weighted by atomic mass is 19.4. The molecular weight excluding hydrogens is 321 g/mol. The van der Waals surface area contributed by atoms with E-state index in [0.717, 1.165) is 45.1 Å². The quantitative estimate of drug-likeness (QED) is 0.621. The third-order valence-corrected chi connectivity index (χ3v) is 4.80. The van der Waals surface area contributed by atoms with Crippen molar-refractivity contribution in [2.75, 3.05) is 60.0 Å². The zero-order valence-corrected chi connectivity index (χ0v) is 14.7. The lowest BCUT2D eigenvalue weighted by Gasteiger charge is -2.45. The van der Waals surface area contributed by atoms with Crippen molar-refractivity contribution in [1.82, 2.24) is 15.1 Å². The highest BCUT2D eigenvalue weighted by molar-refractivity contribution is 5.80. The molecule has 2 aliphatic heterocycles. The van der Waals surface area contributed by atoms with E-state index in [4.69, 9.17) is 4.74 Å². The molecule has 0 aliphatic carbocycles. The number of halogens is 3. The minimum Gasteiger partial charge on any atom is -0.381 e. The molecule has 2 rings (SSSR count). The number of nitrogens with one attached hydrogen (secondary N) is 1. The number of hydrogen-bond acceptors (Lipinski definition) is 3. The molecule has 0 bridgehead atoms. The van der Waals surface area contributed by atoms with Gasteiger partial charge in [-0.1, -0.05) is 0 Å². The molecule has 0 aromatic rings. The van der Waals surface area contributed by atoms with Crippen LogP contribution in [-0.2, 0) is 4.74 Å². The molecule has 2 saturated heterocycles. The Bertz CT molecular complexity index is 417. The van der Waals surface area contributed by atoms with Crippen molar-refractivity contribution in [3.63, 3.8) is 0 Å². The van der Waals surface area contributed by atoms with Crippen molar-refractivity contribution in [1.29, 1.82) is 0 Å². The highest BCUT2D eigenvalue weighted by Crippen LogP contribution is 2.37. The standard InChI is InChI=1S/C16H29F3N4O/c1-20-14(21-7-9-22(2)12-16(17,18)19)23-8-3-5-15(11-23)6-4-10-24-13-15/h3-13H2,1-2H3,(H,20,21). The van der Waals surface area contributed by atoms with E-state index < -0.39 is 12.7 Å². The molecular formula is C16H29F3N4O. The van der Waals surface area contributed by atoms with Crippen LogP contribution in [0.4, 0.5) is 13.2 Å². The Balaban J connectivity index is 1.80. The molecule has 0 saturated carbocycles. The number of rotatable bonds is 4. The number of ether oxygens (including phenoxy) is 1. The van der Waals surface area contributed by atoms with Crippen LogP contribution in [0.5, 0.6) is 0 Å². The second kappa shape index (κ2) is 8.38. The number of nitrogens with zero attached hydrogens (tertiary/aromatic N) is 3. The van der Waals surface area contributed by atoms with Crippen LogP contribution in [0.2, 0.25) is 0 Å². The fourth-order valence-electron chi connectivity index (χ4n) is 3.70. The van der Waals surface area contributed by atoms with Crippen LogP contribution in [-0.4, -0.2) is 82.0 Å². The van der Waals surface area contributed by atoms with Crippen LogP contribution in [0.25, 0.3) is 0 Å². The van der Waals surface area contributed by atoms with Gasteiger partial charge in [-0.3, -0.25) is 9.89 Å². The van der Waals surface area contributed by atoms with Gasteiger partial charge < -0.3 is 15.0 Å². The molecule has 8 heteroatoms. The number of alkyl halides is 3. The van der Waals surface area contributed by atoms with E-state index in [1.165, 1.54) is 24.8 Å². The van der Waals surface area contributed by atoms with E-state index in [1.54, 1.807) is 7.05 Å². The Morgan fingerprint density at radius 3 is 2.71 bits per heavy atom. The first-order valence-electron chi connectivity index (χ1n) is 8.62. The average molecular weight is 350 g/mol. The zero-order chi connectivity index (χ0) is 17.6. The molecule has 0 aromatic heterocycles. The van der Waals surface area contributed by atoms with Crippen molar-refractivity contribution in [2.24, 2.45) is 10.4 Å². The number of piperidine rings is 1. The molecule has 24 heavy (non-hydrogen) atoms. The first-order valence-corrected chi connectivity index (χ1v) is 8.62. The smallest absolute Gasteiger partial charge is 0.381 e. The van der Waals surface area contributed by atoms with Gasteiger partial charge in [0.1, 0.15) is 0 Å². The average Bonchev–Trinajstić information content (AvgIpc) is 2.50. The van der Waals surface area contributed by atoms with Gasteiger partial charge in [0.05, 0.1) is 13.2 Å². The van der Waals surface area contributed by atoms with E-state index in [1.807, 2.05) is 0 Å². The van der Waals surface area contributed by atoms with Crippen LogP contribution in [0.3, 0.4) is 0 Å². The summed E-state index contributed by atoms with van der Waals surface area (Å²) in [7, 11) is 3.20. The van der Waals surface area contributed by atoms with Crippen LogP contribution >= 0.6 is 0 Å². The van der Waals surface area contributed by atoms with Crippen molar-refractivity contribution in [2.45, 2.75) is 31.9 Å². The Morgan fingerprint density at radius 2 is 2.08 bits per heavy atom. The summed E-state index contributed by atoms with van der Waals surface area (Å²) in [5, 5.41) is 3.20. The van der Waals surface area contributed by atoms with Crippen molar-refractivity contribution in [3.8, 4) is 0 Å². The molecule has 1 atom stereocenters. The molecule has 0 radical (unpaired) electrons. The summed E-state index contributed by atoms with van der Waals surface area (Å²) in [6.07, 6.45) is 0.389. The number of likely N-dealkylation sites (tertiary alicyclic amines) is 1. The lowest BCUT2D eigenvalue weighted by atomic mass is 9.76. The van der Waals surface area contributed by atoms with Crippen LogP contribution < -0.4 is 5.32 Å². The number of aliphatic imine (C=N–C) groups is 1.